The fourth-order valence-corrected chi connectivity index (χ4v) is 2.30. The number of halogens is 1. The van der Waals surface area contributed by atoms with E-state index in [1.165, 1.54) is 14.2 Å². The minimum Gasteiger partial charge on any atom is -0.496 e. The number of oxazole rings is 1. The summed E-state index contributed by atoms with van der Waals surface area (Å²) in [5, 5.41) is 0. The molecule has 0 aliphatic rings. The van der Waals surface area contributed by atoms with Gasteiger partial charge in [-0.25, -0.2) is 9.78 Å². The van der Waals surface area contributed by atoms with Crippen LogP contribution in [0.3, 0.4) is 0 Å². The van der Waals surface area contributed by atoms with Crippen LogP contribution in [0.4, 0.5) is 0 Å². The zero-order chi connectivity index (χ0) is 15.4. The van der Waals surface area contributed by atoms with Crippen molar-refractivity contribution in [2.75, 3.05) is 21.3 Å². The van der Waals surface area contributed by atoms with Crippen LogP contribution in [0.1, 0.15) is 16.2 Å². The van der Waals surface area contributed by atoms with E-state index in [0.29, 0.717) is 22.9 Å². The first-order chi connectivity index (χ1) is 10.1. The number of ether oxygens (including phenoxy) is 3. The summed E-state index contributed by atoms with van der Waals surface area (Å²) in [6.45, 7) is 0.158. The largest absolute Gasteiger partial charge is 0.496 e. The van der Waals surface area contributed by atoms with Crippen LogP contribution < -0.4 is 4.74 Å². The Morgan fingerprint density at radius 1 is 1.33 bits per heavy atom. The predicted octanol–water partition coefficient (Wildman–Crippen LogP) is 3.05. The second-order valence-electron chi connectivity index (χ2n) is 4.07. The van der Waals surface area contributed by atoms with Crippen molar-refractivity contribution in [3.8, 4) is 17.2 Å². The molecule has 2 rings (SSSR count). The lowest BCUT2D eigenvalue weighted by atomic mass is 10.2. The minimum atomic E-state index is -0.589. The van der Waals surface area contributed by atoms with Gasteiger partial charge in [0.15, 0.2) is 0 Å². The van der Waals surface area contributed by atoms with Gasteiger partial charge < -0.3 is 18.6 Å². The third-order valence-corrected chi connectivity index (χ3v) is 3.37. The number of hydrogen-bond acceptors (Lipinski definition) is 6. The molecule has 1 aromatic carbocycles. The molecule has 2 aromatic rings. The van der Waals surface area contributed by atoms with Gasteiger partial charge in [-0.1, -0.05) is 0 Å². The Kier molecular flexibility index (Phi) is 4.98. The van der Waals surface area contributed by atoms with Gasteiger partial charge >= 0.3 is 5.97 Å². The van der Waals surface area contributed by atoms with E-state index in [1.807, 2.05) is 0 Å². The van der Waals surface area contributed by atoms with E-state index in [0.717, 1.165) is 4.47 Å². The average Bonchev–Trinajstić information content (AvgIpc) is 2.91. The van der Waals surface area contributed by atoms with Crippen molar-refractivity contribution in [1.82, 2.24) is 4.98 Å². The van der Waals surface area contributed by atoms with E-state index in [2.05, 4.69) is 25.7 Å². The molecule has 21 heavy (non-hydrogen) atoms. The van der Waals surface area contributed by atoms with Crippen LogP contribution in [0.5, 0.6) is 5.75 Å². The second kappa shape index (κ2) is 6.73. The topological polar surface area (TPSA) is 70.8 Å². The maximum Gasteiger partial charge on any atom is 0.376 e. The maximum absolute atomic E-state index is 11.7. The van der Waals surface area contributed by atoms with Crippen molar-refractivity contribution >= 4 is 21.9 Å². The van der Waals surface area contributed by atoms with Gasteiger partial charge in [-0.2, -0.15) is 0 Å². The summed E-state index contributed by atoms with van der Waals surface area (Å²) in [5.74, 6) is 0.455. The van der Waals surface area contributed by atoms with Crippen LogP contribution in [0.2, 0.25) is 0 Å². The van der Waals surface area contributed by atoms with Gasteiger partial charge in [0, 0.05) is 12.7 Å². The van der Waals surface area contributed by atoms with Gasteiger partial charge in [0.05, 0.1) is 25.3 Å². The number of hydrogen-bond donors (Lipinski definition) is 0. The number of aromatic nitrogens is 1. The molecule has 0 unspecified atom stereocenters. The zero-order valence-corrected chi connectivity index (χ0v) is 13.4. The molecule has 0 N–H and O–H groups in total. The Labute approximate surface area is 130 Å². The van der Waals surface area contributed by atoms with E-state index >= 15 is 0 Å². The highest BCUT2D eigenvalue weighted by Gasteiger charge is 2.22. The molecule has 0 saturated carbocycles. The number of methoxy groups -OCH3 is 3. The summed E-state index contributed by atoms with van der Waals surface area (Å²) in [4.78, 5) is 16.0. The van der Waals surface area contributed by atoms with Crippen LogP contribution in [0, 0.1) is 0 Å². The number of benzene rings is 1. The zero-order valence-electron chi connectivity index (χ0n) is 11.8. The van der Waals surface area contributed by atoms with Crippen molar-refractivity contribution in [1.29, 1.82) is 0 Å². The first kappa shape index (κ1) is 15.5. The van der Waals surface area contributed by atoms with Crippen molar-refractivity contribution in [3.63, 3.8) is 0 Å². The lowest BCUT2D eigenvalue weighted by Crippen LogP contribution is -2.04. The van der Waals surface area contributed by atoms with E-state index in [9.17, 15) is 4.79 Å². The Morgan fingerprint density at radius 2 is 2.10 bits per heavy atom. The molecule has 0 spiro atoms. The summed E-state index contributed by atoms with van der Waals surface area (Å²) in [7, 11) is 4.38. The summed E-state index contributed by atoms with van der Waals surface area (Å²) in [6.07, 6.45) is 0. The quantitative estimate of drug-likeness (QED) is 0.767. The molecule has 0 aliphatic heterocycles. The molecule has 6 nitrogen and oxygen atoms in total. The second-order valence-corrected chi connectivity index (χ2v) is 4.92. The van der Waals surface area contributed by atoms with E-state index in [-0.39, 0.29) is 12.4 Å². The highest BCUT2D eigenvalue weighted by molar-refractivity contribution is 9.10. The molecule has 0 amide bonds. The van der Waals surface area contributed by atoms with Gasteiger partial charge in [-0.05, 0) is 34.1 Å². The molecule has 0 fully saturated rings. The number of rotatable bonds is 5. The summed E-state index contributed by atoms with van der Waals surface area (Å²) >= 11 is 3.39. The fourth-order valence-electron chi connectivity index (χ4n) is 1.76. The molecular weight excluding hydrogens is 342 g/mol. The van der Waals surface area contributed by atoms with Gasteiger partial charge in [-0.15, -0.1) is 0 Å². The SMILES string of the molecule is COCc1nc(-c2ccc(OC)c(Br)c2)oc1C(=O)OC. The van der Waals surface area contributed by atoms with Crippen LogP contribution in [-0.2, 0) is 16.1 Å². The molecule has 0 aliphatic carbocycles. The van der Waals surface area contributed by atoms with E-state index < -0.39 is 5.97 Å². The summed E-state index contributed by atoms with van der Waals surface area (Å²) < 4.78 is 21.1. The molecular formula is C14H14BrNO5. The molecule has 7 heteroatoms. The number of esters is 1. The van der Waals surface area contributed by atoms with Crippen molar-refractivity contribution in [2.45, 2.75) is 6.61 Å². The minimum absolute atomic E-state index is 0.0429. The van der Waals surface area contributed by atoms with Crippen LogP contribution in [-0.4, -0.2) is 32.3 Å². The van der Waals surface area contributed by atoms with Gasteiger partial charge in [0.2, 0.25) is 11.7 Å². The molecule has 1 heterocycles. The smallest absolute Gasteiger partial charge is 0.376 e. The third-order valence-electron chi connectivity index (χ3n) is 2.75. The van der Waals surface area contributed by atoms with Crippen molar-refractivity contribution in [2.24, 2.45) is 0 Å². The Bertz CT molecular complexity index is 653. The maximum atomic E-state index is 11.7. The number of nitrogens with zero attached hydrogens (tertiary/aromatic N) is 1. The van der Waals surface area contributed by atoms with Crippen LogP contribution in [0.25, 0.3) is 11.5 Å². The molecule has 1 aromatic heterocycles. The first-order valence-corrected chi connectivity index (χ1v) is 6.80. The van der Waals surface area contributed by atoms with Crippen LogP contribution >= 0.6 is 15.9 Å². The van der Waals surface area contributed by atoms with E-state index in [4.69, 9.17) is 13.9 Å². The normalized spacial score (nSPS) is 10.5. The number of carbonyl (C=O) groups excluding carboxylic acids is 1. The monoisotopic (exact) mass is 355 g/mol. The summed E-state index contributed by atoms with van der Waals surface area (Å²) in [5.41, 5.74) is 1.10. The Balaban J connectivity index is 2.44. The Morgan fingerprint density at radius 3 is 2.67 bits per heavy atom. The highest BCUT2D eigenvalue weighted by Crippen LogP contribution is 2.31. The van der Waals surface area contributed by atoms with Gasteiger partial charge in [0.25, 0.3) is 0 Å². The summed E-state index contributed by atoms with van der Waals surface area (Å²) in [6, 6.07) is 5.35. The first-order valence-electron chi connectivity index (χ1n) is 6.01. The van der Waals surface area contributed by atoms with Crippen molar-refractivity contribution < 1.29 is 23.4 Å². The highest BCUT2D eigenvalue weighted by atomic mass is 79.9. The number of carbonyl (C=O) groups is 1. The van der Waals surface area contributed by atoms with Crippen molar-refractivity contribution in [3.05, 3.63) is 34.1 Å². The third kappa shape index (κ3) is 3.25. The molecule has 0 saturated heterocycles. The lowest BCUT2D eigenvalue weighted by molar-refractivity contribution is 0.0559. The average molecular weight is 356 g/mol. The molecule has 0 bridgehead atoms. The molecule has 0 atom stereocenters. The lowest BCUT2D eigenvalue weighted by Gasteiger charge is -2.03. The predicted molar refractivity (Wildman–Crippen MR) is 78.2 cm³/mol. The molecule has 0 radical (unpaired) electrons. The van der Waals surface area contributed by atoms with Crippen LogP contribution in [0.15, 0.2) is 27.1 Å². The standard InChI is InChI=1S/C14H14BrNO5/c1-18-7-10-12(14(17)20-3)21-13(16-10)8-4-5-11(19-2)9(15)6-8/h4-6H,7H2,1-3H3. The van der Waals surface area contributed by atoms with Gasteiger partial charge in [0.1, 0.15) is 11.4 Å². The van der Waals surface area contributed by atoms with E-state index in [1.54, 1.807) is 25.3 Å². The van der Waals surface area contributed by atoms with Gasteiger partial charge in [-0.3, -0.25) is 0 Å². The molecule has 112 valence electrons. The Hall–Kier alpha value is -1.86. The fraction of sp³-hybridized carbons (Fsp3) is 0.286.